The third-order valence-corrected chi connectivity index (χ3v) is 2.17. The van der Waals surface area contributed by atoms with Crippen LogP contribution in [0.4, 0.5) is 17.3 Å². The molecule has 0 aromatic carbocycles. The van der Waals surface area contributed by atoms with Crippen LogP contribution in [-0.4, -0.2) is 94.0 Å². The first-order chi connectivity index (χ1) is 10.9. The number of likely N-dealkylation sites (N-methyl/N-ethyl adjacent to an activating group) is 2. The van der Waals surface area contributed by atoms with Gasteiger partial charge in [0.25, 0.3) is 0 Å². The van der Waals surface area contributed by atoms with E-state index in [4.69, 9.17) is 20.7 Å². The van der Waals surface area contributed by atoms with Gasteiger partial charge in [0.1, 0.15) is 25.3 Å². The Hall–Kier alpha value is -1.11. The Morgan fingerprint density at radius 1 is 0.769 bits per heavy atom. The summed E-state index contributed by atoms with van der Waals surface area (Å²) in [5, 5.41) is 34.7. The van der Waals surface area contributed by atoms with Crippen LogP contribution in [0.15, 0.2) is 0 Å². The molecule has 6 nitrogen and oxygen atoms in total. The summed E-state index contributed by atoms with van der Waals surface area (Å²) in [4.78, 5) is 0. The summed E-state index contributed by atoms with van der Waals surface area (Å²) in [6, 6.07) is 3.86. The highest BCUT2D eigenvalue weighted by Crippen LogP contribution is 2.06. The van der Waals surface area contributed by atoms with E-state index in [1.807, 2.05) is 54.4 Å². The number of nitrogens with zero attached hydrogens (tertiary/aromatic N) is 4. The molecule has 0 spiro atoms. The molecule has 0 rings (SSSR count). The van der Waals surface area contributed by atoms with Gasteiger partial charge in [0.05, 0.1) is 67.3 Å². The number of aliphatic hydroxyl groups is 2. The number of rotatable bonds is 6. The lowest BCUT2D eigenvalue weighted by Gasteiger charge is -2.25. The van der Waals surface area contributed by atoms with Crippen LogP contribution in [0, 0.1) is 22.7 Å². The van der Waals surface area contributed by atoms with Crippen LogP contribution >= 0.6 is 0 Å². The summed E-state index contributed by atoms with van der Waals surface area (Å²) < 4.78 is 40.4. The van der Waals surface area contributed by atoms with Crippen molar-refractivity contribution in [1.82, 2.24) is 0 Å². The minimum atomic E-state index is -6.00. The monoisotopic (exact) mass is 408 g/mol. The molecule has 0 aromatic heterocycles. The van der Waals surface area contributed by atoms with E-state index in [0.29, 0.717) is 22.1 Å². The average Bonchev–Trinajstić information content (AvgIpc) is 2.22. The molecule has 0 aliphatic carbocycles. The van der Waals surface area contributed by atoms with Crippen molar-refractivity contribution >= 4 is 7.25 Å². The van der Waals surface area contributed by atoms with Crippen molar-refractivity contribution in [3.8, 4) is 12.1 Å². The molecule has 12 heteroatoms. The Bertz CT molecular complexity index is 389. The molecule has 0 amide bonds. The summed E-state index contributed by atoms with van der Waals surface area (Å²) in [5.41, 5.74) is 0. The summed E-state index contributed by atoms with van der Waals surface area (Å²) in [7, 11) is 5.92. The predicted molar refractivity (Wildman–Crippen MR) is 88.5 cm³/mol. The summed E-state index contributed by atoms with van der Waals surface area (Å²) in [6.07, 6.45) is -0.500. The smallest absolute Gasteiger partial charge is 0.673 e. The first kappa shape index (κ1) is 32.6. The number of hydrogen-bond acceptors (Lipinski definition) is 4. The van der Waals surface area contributed by atoms with Gasteiger partial charge in [-0.1, -0.05) is 0 Å². The lowest BCUT2D eigenvalue weighted by Crippen LogP contribution is -3.00. The Morgan fingerprint density at radius 2 is 0.962 bits per heavy atom. The molecular formula is C14H30BClF4N4O2. The molecule has 0 saturated carbocycles. The van der Waals surface area contributed by atoms with Crippen molar-refractivity contribution in [2.75, 3.05) is 55.4 Å². The van der Waals surface area contributed by atoms with Crippen LogP contribution < -0.4 is 12.4 Å². The van der Waals surface area contributed by atoms with Gasteiger partial charge in [-0.25, -0.2) is 0 Å². The van der Waals surface area contributed by atoms with Gasteiger partial charge >= 0.3 is 7.25 Å². The maximum Gasteiger partial charge on any atom is 0.673 e. The zero-order valence-corrected chi connectivity index (χ0v) is 16.9. The quantitative estimate of drug-likeness (QED) is 0.310. The van der Waals surface area contributed by atoms with Gasteiger partial charge in [0, 0.05) is 0 Å². The third kappa shape index (κ3) is 49.5. The minimum absolute atomic E-state index is 0. The van der Waals surface area contributed by atoms with E-state index >= 15 is 0 Å². The SMILES string of the molecule is C[N+](C)(C)C[C@H](O)CC#N.C[N+](C)(C)C[C@H](O)CC#N.F[B-](F)(F)F.[Cl-]. The van der Waals surface area contributed by atoms with E-state index in [-0.39, 0.29) is 25.2 Å². The second-order valence-electron chi connectivity index (χ2n) is 7.47. The highest BCUT2D eigenvalue weighted by molar-refractivity contribution is 6.50. The molecule has 156 valence electrons. The molecular weight excluding hydrogens is 378 g/mol. The topological polar surface area (TPSA) is 88.0 Å². The number of hydrogen-bond donors (Lipinski definition) is 2. The van der Waals surface area contributed by atoms with Gasteiger partial charge in [-0.05, 0) is 0 Å². The lowest BCUT2D eigenvalue weighted by atomic mass is 10.2. The fourth-order valence-electron chi connectivity index (χ4n) is 1.60. The molecule has 0 unspecified atom stereocenters. The van der Waals surface area contributed by atoms with Crippen LogP contribution in [0.5, 0.6) is 0 Å². The average molecular weight is 409 g/mol. The molecule has 0 heterocycles. The van der Waals surface area contributed by atoms with Crippen molar-refractivity contribution in [3.05, 3.63) is 0 Å². The standard InChI is InChI=1S/2C7H15N2O.BF4.ClH/c2*1-9(2,3)6-7(10)4-5-8;2-1(3,4)5;/h2*7,10H,4,6H2,1-3H3;;1H/q2*+1;-1;/p-1/t2*7-;;/m11../s1. The van der Waals surface area contributed by atoms with E-state index < -0.39 is 19.5 Å². The first-order valence-electron chi connectivity index (χ1n) is 7.49. The third-order valence-electron chi connectivity index (χ3n) is 2.17. The highest BCUT2D eigenvalue weighted by atomic mass is 35.5. The van der Waals surface area contributed by atoms with Crippen molar-refractivity contribution in [3.63, 3.8) is 0 Å². The molecule has 0 aromatic rings. The lowest BCUT2D eigenvalue weighted by molar-refractivity contribution is -0.873. The van der Waals surface area contributed by atoms with E-state index in [9.17, 15) is 17.3 Å². The number of quaternary nitrogens is 2. The zero-order chi connectivity index (χ0) is 20.9. The Kier molecular flexibility index (Phi) is 18.8. The molecule has 2 atom stereocenters. The van der Waals surface area contributed by atoms with Crippen molar-refractivity contribution in [1.29, 1.82) is 10.5 Å². The normalized spacial score (nSPS) is 13.3. The van der Waals surface area contributed by atoms with Gasteiger partial charge in [-0.3, -0.25) is 0 Å². The second kappa shape index (κ2) is 15.0. The van der Waals surface area contributed by atoms with Gasteiger partial charge in [-0.15, -0.1) is 0 Å². The fraction of sp³-hybridized carbons (Fsp3) is 0.857. The molecule has 0 radical (unpaired) electrons. The van der Waals surface area contributed by atoms with Crippen molar-refractivity contribution in [2.24, 2.45) is 0 Å². The van der Waals surface area contributed by atoms with Crippen LogP contribution in [0.3, 0.4) is 0 Å². The maximum absolute atomic E-state index is 9.75. The van der Waals surface area contributed by atoms with Crippen LogP contribution in [0.1, 0.15) is 12.8 Å². The molecule has 0 aliphatic rings. The fourth-order valence-corrected chi connectivity index (χ4v) is 1.60. The van der Waals surface area contributed by atoms with Crippen LogP contribution in [-0.2, 0) is 0 Å². The molecule has 0 bridgehead atoms. The van der Waals surface area contributed by atoms with Crippen molar-refractivity contribution in [2.45, 2.75) is 25.0 Å². The second-order valence-corrected chi connectivity index (χ2v) is 7.47. The van der Waals surface area contributed by atoms with Crippen molar-refractivity contribution < 1.29 is 48.8 Å². The minimum Gasteiger partial charge on any atom is -1.00 e. The number of aliphatic hydroxyl groups excluding tert-OH is 2. The van der Waals surface area contributed by atoms with Gasteiger partial charge in [-0.2, -0.15) is 10.5 Å². The number of nitriles is 2. The first-order valence-corrected chi connectivity index (χ1v) is 7.49. The summed E-state index contributed by atoms with van der Waals surface area (Å²) in [5.74, 6) is 0. The van der Waals surface area contributed by atoms with E-state index in [0.717, 1.165) is 0 Å². The van der Waals surface area contributed by atoms with Crippen LogP contribution in [0.25, 0.3) is 0 Å². The zero-order valence-electron chi connectivity index (χ0n) is 16.1. The Morgan fingerprint density at radius 3 is 1.08 bits per heavy atom. The predicted octanol–water partition coefficient (Wildman–Crippen LogP) is -1.76. The molecule has 26 heavy (non-hydrogen) atoms. The van der Waals surface area contributed by atoms with Crippen LogP contribution in [0.2, 0.25) is 0 Å². The number of halogens is 5. The Balaban J connectivity index is -0.000000145. The largest absolute Gasteiger partial charge is 1.00 e. The maximum atomic E-state index is 9.75. The van der Waals surface area contributed by atoms with Gasteiger partial charge in [0.2, 0.25) is 0 Å². The Labute approximate surface area is 159 Å². The van der Waals surface area contributed by atoms with Gasteiger partial charge in [0.15, 0.2) is 0 Å². The highest BCUT2D eigenvalue weighted by Gasteiger charge is 2.20. The van der Waals surface area contributed by atoms with E-state index in [2.05, 4.69) is 0 Å². The summed E-state index contributed by atoms with van der Waals surface area (Å²) in [6.45, 7) is 1.27. The molecule has 0 saturated heterocycles. The summed E-state index contributed by atoms with van der Waals surface area (Å²) >= 11 is 0. The molecule has 0 aliphatic heterocycles. The van der Waals surface area contributed by atoms with Gasteiger partial charge < -0.3 is 48.8 Å². The van der Waals surface area contributed by atoms with E-state index in [1.54, 1.807) is 0 Å². The molecule has 2 N–H and O–H groups in total. The molecule has 0 fully saturated rings. The van der Waals surface area contributed by atoms with E-state index in [1.165, 1.54) is 0 Å².